The Morgan fingerprint density at radius 1 is 1.24 bits per heavy atom. The molecule has 1 amide bonds. The zero-order chi connectivity index (χ0) is 17.2. The van der Waals surface area contributed by atoms with Crippen LogP contribution in [0.25, 0.3) is 10.9 Å². The SMILES string of the molecule is O=C(CCCN1CCOCC1)N1CCc2[nH]c3c(Cl)cccc3c2C1. The Bertz CT molecular complexity index is 767. The number of nitrogens with zero attached hydrogens (tertiary/aromatic N) is 2. The van der Waals surface area contributed by atoms with Crippen molar-refractivity contribution in [2.24, 2.45) is 0 Å². The molecule has 1 aromatic heterocycles. The molecule has 1 N–H and O–H groups in total. The molecule has 4 rings (SSSR count). The number of ether oxygens (including phenoxy) is 1. The maximum absolute atomic E-state index is 12.6. The number of carbonyl (C=O) groups excluding carboxylic acids is 1. The van der Waals surface area contributed by atoms with Gasteiger partial charge in [0.25, 0.3) is 0 Å². The summed E-state index contributed by atoms with van der Waals surface area (Å²) in [5.74, 6) is 0.260. The van der Waals surface area contributed by atoms with Gasteiger partial charge in [-0.05, 0) is 19.0 Å². The molecule has 0 aliphatic carbocycles. The number of para-hydroxylation sites is 1. The third kappa shape index (κ3) is 3.54. The minimum Gasteiger partial charge on any atom is -0.379 e. The van der Waals surface area contributed by atoms with Gasteiger partial charge in [0.1, 0.15) is 0 Å². The van der Waals surface area contributed by atoms with E-state index >= 15 is 0 Å². The van der Waals surface area contributed by atoms with Gasteiger partial charge in [-0.2, -0.15) is 0 Å². The van der Waals surface area contributed by atoms with Gasteiger partial charge < -0.3 is 14.6 Å². The first kappa shape index (κ1) is 16.9. The number of hydrogen-bond acceptors (Lipinski definition) is 3. The minimum absolute atomic E-state index is 0.260. The zero-order valence-electron chi connectivity index (χ0n) is 14.4. The molecule has 1 aromatic carbocycles. The molecule has 0 spiro atoms. The molecule has 134 valence electrons. The Balaban J connectivity index is 1.37. The van der Waals surface area contributed by atoms with Crippen LogP contribution in [-0.2, 0) is 22.5 Å². The van der Waals surface area contributed by atoms with Crippen LogP contribution in [0.5, 0.6) is 0 Å². The quantitative estimate of drug-likeness (QED) is 0.911. The standard InChI is InChI=1S/C19H24ClN3O2/c20-16-4-1-3-14-15-13-23(8-6-17(15)21-19(14)16)18(24)5-2-7-22-9-11-25-12-10-22/h1,3-4,21H,2,5-13H2. The van der Waals surface area contributed by atoms with Crippen molar-refractivity contribution < 1.29 is 9.53 Å². The summed E-state index contributed by atoms with van der Waals surface area (Å²) < 4.78 is 5.36. The molecule has 2 aromatic rings. The number of rotatable bonds is 4. The number of amides is 1. The smallest absolute Gasteiger partial charge is 0.222 e. The van der Waals surface area contributed by atoms with Crippen LogP contribution in [0.4, 0.5) is 0 Å². The first-order chi connectivity index (χ1) is 12.2. The molecular weight excluding hydrogens is 338 g/mol. The Morgan fingerprint density at radius 2 is 2.08 bits per heavy atom. The number of fused-ring (bicyclic) bond motifs is 3. The number of morpholine rings is 1. The molecule has 2 aliphatic heterocycles. The Hall–Kier alpha value is -1.56. The summed E-state index contributed by atoms with van der Waals surface area (Å²) in [6.45, 7) is 6.05. The monoisotopic (exact) mass is 361 g/mol. The van der Waals surface area contributed by atoms with E-state index in [1.54, 1.807) is 0 Å². The van der Waals surface area contributed by atoms with Crippen molar-refractivity contribution in [2.45, 2.75) is 25.8 Å². The number of carbonyl (C=O) groups is 1. The van der Waals surface area contributed by atoms with E-state index in [1.165, 1.54) is 11.3 Å². The molecule has 6 heteroatoms. The second-order valence-electron chi connectivity index (χ2n) is 6.87. The zero-order valence-corrected chi connectivity index (χ0v) is 15.1. The second-order valence-corrected chi connectivity index (χ2v) is 7.27. The average Bonchev–Trinajstić information content (AvgIpc) is 3.02. The fraction of sp³-hybridized carbons (Fsp3) is 0.526. The molecule has 0 unspecified atom stereocenters. The predicted molar refractivity (Wildman–Crippen MR) is 98.9 cm³/mol. The fourth-order valence-electron chi connectivity index (χ4n) is 3.85. The summed E-state index contributed by atoms with van der Waals surface area (Å²) in [4.78, 5) is 20.4. The molecule has 25 heavy (non-hydrogen) atoms. The molecule has 3 heterocycles. The van der Waals surface area contributed by atoms with Crippen molar-refractivity contribution in [3.8, 4) is 0 Å². The molecule has 0 radical (unpaired) electrons. The number of benzene rings is 1. The Kier molecular flexibility index (Phi) is 4.97. The third-order valence-corrected chi connectivity index (χ3v) is 5.60. The highest BCUT2D eigenvalue weighted by Crippen LogP contribution is 2.31. The van der Waals surface area contributed by atoms with Crippen molar-refractivity contribution in [1.82, 2.24) is 14.8 Å². The highest BCUT2D eigenvalue weighted by molar-refractivity contribution is 6.35. The van der Waals surface area contributed by atoms with Gasteiger partial charge in [-0.15, -0.1) is 0 Å². The average molecular weight is 362 g/mol. The summed E-state index contributed by atoms with van der Waals surface area (Å²) in [7, 11) is 0. The lowest BCUT2D eigenvalue weighted by Crippen LogP contribution is -2.38. The molecule has 1 fully saturated rings. The van der Waals surface area contributed by atoms with Gasteiger partial charge in [0.15, 0.2) is 0 Å². The van der Waals surface area contributed by atoms with Gasteiger partial charge >= 0.3 is 0 Å². The van der Waals surface area contributed by atoms with Crippen molar-refractivity contribution in [3.05, 3.63) is 34.5 Å². The summed E-state index contributed by atoms with van der Waals surface area (Å²) in [6, 6.07) is 5.96. The molecule has 2 aliphatic rings. The molecule has 1 saturated heterocycles. The summed E-state index contributed by atoms with van der Waals surface area (Å²) in [5.41, 5.74) is 3.45. The van der Waals surface area contributed by atoms with Crippen LogP contribution in [0.1, 0.15) is 24.1 Å². The minimum atomic E-state index is 0.260. The predicted octanol–water partition coefficient (Wildman–Crippen LogP) is 2.82. The number of hydrogen-bond donors (Lipinski definition) is 1. The number of H-pyrrole nitrogens is 1. The summed E-state index contributed by atoms with van der Waals surface area (Å²) >= 11 is 6.29. The Labute approximate surface area is 152 Å². The van der Waals surface area contributed by atoms with Crippen molar-refractivity contribution in [2.75, 3.05) is 39.4 Å². The maximum Gasteiger partial charge on any atom is 0.222 e. The van der Waals surface area contributed by atoms with Gasteiger partial charge in [0.2, 0.25) is 5.91 Å². The van der Waals surface area contributed by atoms with Crippen LogP contribution < -0.4 is 0 Å². The van der Waals surface area contributed by atoms with Crippen LogP contribution in [-0.4, -0.2) is 60.1 Å². The van der Waals surface area contributed by atoms with E-state index in [-0.39, 0.29) is 5.91 Å². The normalized spacial score (nSPS) is 18.5. The number of nitrogens with one attached hydrogen (secondary N) is 1. The number of aromatic nitrogens is 1. The van der Waals surface area contributed by atoms with Crippen LogP contribution in [0.15, 0.2) is 18.2 Å². The fourth-order valence-corrected chi connectivity index (χ4v) is 4.07. The van der Waals surface area contributed by atoms with Crippen LogP contribution in [0, 0.1) is 0 Å². The molecule has 0 atom stereocenters. The first-order valence-electron chi connectivity index (χ1n) is 9.08. The molecular formula is C19H24ClN3O2. The lowest BCUT2D eigenvalue weighted by atomic mass is 10.0. The molecule has 0 bridgehead atoms. The summed E-state index contributed by atoms with van der Waals surface area (Å²) in [6.07, 6.45) is 2.41. The van der Waals surface area contributed by atoms with Gasteiger partial charge in [-0.3, -0.25) is 9.69 Å². The van der Waals surface area contributed by atoms with Gasteiger partial charge in [0.05, 0.1) is 23.8 Å². The largest absolute Gasteiger partial charge is 0.379 e. The number of halogens is 1. The van der Waals surface area contributed by atoms with E-state index < -0.39 is 0 Å². The maximum atomic E-state index is 12.6. The van der Waals surface area contributed by atoms with Gasteiger partial charge in [-0.25, -0.2) is 0 Å². The van der Waals surface area contributed by atoms with Gasteiger partial charge in [0, 0.05) is 55.7 Å². The van der Waals surface area contributed by atoms with Crippen LogP contribution >= 0.6 is 11.6 Å². The van der Waals surface area contributed by atoms with E-state index in [4.69, 9.17) is 16.3 Å². The van der Waals surface area contributed by atoms with Gasteiger partial charge in [-0.1, -0.05) is 23.7 Å². The Morgan fingerprint density at radius 3 is 2.92 bits per heavy atom. The topological polar surface area (TPSA) is 48.6 Å². The molecule has 0 saturated carbocycles. The van der Waals surface area contributed by atoms with E-state index in [9.17, 15) is 4.79 Å². The lowest BCUT2D eigenvalue weighted by Gasteiger charge is -2.29. The molecule has 5 nitrogen and oxygen atoms in total. The lowest BCUT2D eigenvalue weighted by molar-refractivity contribution is -0.132. The van der Waals surface area contributed by atoms with Crippen LogP contribution in [0.3, 0.4) is 0 Å². The van der Waals surface area contributed by atoms with Crippen molar-refractivity contribution in [1.29, 1.82) is 0 Å². The summed E-state index contributed by atoms with van der Waals surface area (Å²) in [5, 5.41) is 1.89. The van der Waals surface area contributed by atoms with Crippen LogP contribution in [0.2, 0.25) is 5.02 Å². The third-order valence-electron chi connectivity index (χ3n) is 5.28. The second kappa shape index (κ2) is 7.36. The highest BCUT2D eigenvalue weighted by Gasteiger charge is 2.24. The van der Waals surface area contributed by atoms with Crippen molar-refractivity contribution in [3.63, 3.8) is 0 Å². The highest BCUT2D eigenvalue weighted by atomic mass is 35.5. The van der Waals surface area contributed by atoms with E-state index in [0.717, 1.165) is 68.2 Å². The van der Waals surface area contributed by atoms with Crippen molar-refractivity contribution >= 4 is 28.4 Å². The van der Waals surface area contributed by atoms with E-state index in [2.05, 4.69) is 16.0 Å². The first-order valence-corrected chi connectivity index (χ1v) is 9.46. The number of aromatic amines is 1. The van der Waals surface area contributed by atoms with E-state index in [0.29, 0.717) is 13.0 Å². The van der Waals surface area contributed by atoms with E-state index in [1.807, 2.05) is 17.0 Å².